The monoisotopic (exact) mass is 451 g/mol. The molecule has 1 amide bonds. The first kappa shape index (κ1) is 22.5. The summed E-state index contributed by atoms with van der Waals surface area (Å²) < 4.78 is 21.0. The fourth-order valence-electron chi connectivity index (χ4n) is 2.77. The Kier molecular flexibility index (Phi) is 6.97. The van der Waals surface area contributed by atoms with Crippen molar-refractivity contribution in [3.05, 3.63) is 41.5 Å². The van der Waals surface area contributed by atoms with Gasteiger partial charge in [-0.1, -0.05) is 49.1 Å². The summed E-state index contributed by atoms with van der Waals surface area (Å²) in [6, 6.07) is 6.05. The number of rotatable bonds is 7. The lowest BCUT2D eigenvalue weighted by Gasteiger charge is -2.23. The number of amides is 1. The molecule has 0 bridgehead atoms. The van der Waals surface area contributed by atoms with Crippen LogP contribution in [-0.4, -0.2) is 31.5 Å². The molecule has 2 heterocycles. The molecule has 0 saturated carbocycles. The molecule has 30 heavy (non-hydrogen) atoms. The van der Waals surface area contributed by atoms with Gasteiger partial charge in [0.2, 0.25) is 4.96 Å². The van der Waals surface area contributed by atoms with Crippen LogP contribution in [0.1, 0.15) is 58.5 Å². The van der Waals surface area contributed by atoms with Crippen molar-refractivity contribution >= 4 is 34.2 Å². The van der Waals surface area contributed by atoms with E-state index in [1.807, 2.05) is 20.8 Å². The van der Waals surface area contributed by atoms with Crippen LogP contribution in [0.15, 0.2) is 28.6 Å². The average molecular weight is 452 g/mol. The van der Waals surface area contributed by atoms with Crippen molar-refractivity contribution < 1.29 is 13.9 Å². The predicted octanol–water partition coefficient (Wildman–Crippen LogP) is 5.23. The summed E-state index contributed by atoms with van der Waals surface area (Å²) in [4.78, 5) is 13.0. The minimum atomic E-state index is -0.586. The molecule has 3 aromatic rings. The van der Waals surface area contributed by atoms with Crippen molar-refractivity contribution in [2.45, 2.75) is 62.8 Å². The maximum atomic E-state index is 13.1. The molecule has 10 heteroatoms. The molecule has 1 N–H and O–H groups in total. The van der Waals surface area contributed by atoms with Gasteiger partial charge in [0.25, 0.3) is 0 Å². The van der Waals surface area contributed by atoms with Crippen LogP contribution in [0.5, 0.6) is 0 Å². The third-order valence-corrected chi connectivity index (χ3v) is 6.09. The van der Waals surface area contributed by atoms with E-state index in [4.69, 9.17) is 4.74 Å². The van der Waals surface area contributed by atoms with Crippen molar-refractivity contribution in [1.82, 2.24) is 25.1 Å². The van der Waals surface area contributed by atoms with Crippen LogP contribution in [0.3, 0.4) is 0 Å². The van der Waals surface area contributed by atoms with Gasteiger partial charge in [-0.25, -0.2) is 9.18 Å². The number of ether oxygens (including phenoxy) is 1. The normalized spacial score (nSPS) is 13.0. The molecule has 1 unspecified atom stereocenters. The Bertz CT molecular complexity index is 995. The number of halogens is 1. The minimum absolute atomic E-state index is 0.249. The largest absolute Gasteiger partial charge is 0.444 e. The van der Waals surface area contributed by atoms with Gasteiger partial charge in [0.05, 0.1) is 6.04 Å². The number of thioether (sulfide) groups is 1. The molecule has 0 radical (unpaired) electrons. The van der Waals surface area contributed by atoms with Gasteiger partial charge in [-0.05, 0) is 50.8 Å². The van der Waals surface area contributed by atoms with Crippen LogP contribution >= 0.6 is 23.1 Å². The Morgan fingerprint density at radius 1 is 1.27 bits per heavy atom. The number of aromatic nitrogens is 4. The number of carbonyl (C=O) groups excluding carboxylic acids is 1. The van der Waals surface area contributed by atoms with E-state index >= 15 is 0 Å². The molecule has 1 aromatic carbocycles. The van der Waals surface area contributed by atoms with E-state index in [1.165, 1.54) is 23.5 Å². The number of hydrogen-bond donors (Lipinski definition) is 1. The molecule has 2 aromatic heterocycles. The third-order valence-electron chi connectivity index (χ3n) is 3.98. The first-order valence-electron chi connectivity index (χ1n) is 9.69. The van der Waals surface area contributed by atoms with Crippen molar-refractivity contribution in [3.8, 4) is 0 Å². The number of carbonyl (C=O) groups is 1. The van der Waals surface area contributed by atoms with E-state index in [2.05, 4.69) is 34.5 Å². The Morgan fingerprint density at radius 3 is 2.60 bits per heavy atom. The summed E-state index contributed by atoms with van der Waals surface area (Å²) in [6.07, 6.45) is 0.182. The van der Waals surface area contributed by atoms with Gasteiger partial charge in [0, 0.05) is 5.75 Å². The molecule has 0 aliphatic carbocycles. The Labute approximate surface area is 183 Å². The number of fused-ring (bicyclic) bond motifs is 1. The van der Waals surface area contributed by atoms with E-state index in [0.717, 1.165) is 9.90 Å². The second kappa shape index (κ2) is 9.30. The summed E-state index contributed by atoms with van der Waals surface area (Å²) >= 11 is 2.98. The molecule has 1 atom stereocenters. The SMILES string of the molecule is CC(C)CC(NC(=O)OC(C)(C)C)c1nnc2sc(SCc3ccc(F)cc3)nn12. The standard InChI is InChI=1S/C20H26FN5O2S2/c1-12(2)10-15(22-18(27)28-20(3,4)5)16-23-24-17-26(16)25-19(30-17)29-11-13-6-8-14(21)9-7-13/h6-9,12,15H,10-11H2,1-5H3,(H,22,27). The molecule has 0 spiro atoms. The van der Waals surface area contributed by atoms with Gasteiger partial charge >= 0.3 is 6.09 Å². The number of alkyl carbamates (subject to hydrolysis) is 1. The number of benzene rings is 1. The zero-order valence-electron chi connectivity index (χ0n) is 17.7. The highest BCUT2D eigenvalue weighted by molar-refractivity contribution is 8.00. The minimum Gasteiger partial charge on any atom is -0.444 e. The quantitative estimate of drug-likeness (QED) is 0.496. The van der Waals surface area contributed by atoms with Crippen LogP contribution in [0.4, 0.5) is 9.18 Å². The molecule has 3 rings (SSSR count). The topological polar surface area (TPSA) is 81.4 Å². The van der Waals surface area contributed by atoms with Gasteiger partial charge in [0.1, 0.15) is 11.4 Å². The van der Waals surface area contributed by atoms with Crippen LogP contribution in [0.2, 0.25) is 0 Å². The van der Waals surface area contributed by atoms with Gasteiger partial charge < -0.3 is 10.1 Å². The van der Waals surface area contributed by atoms with E-state index in [-0.39, 0.29) is 11.9 Å². The fourth-order valence-corrected chi connectivity index (χ4v) is 4.61. The third kappa shape index (κ3) is 6.15. The smallest absolute Gasteiger partial charge is 0.408 e. The Morgan fingerprint density at radius 2 is 1.97 bits per heavy atom. The summed E-state index contributed by atoms with van der Waals surface area (Å²) in [5, 5.41) is 16.0. The summed E-state index contributed by atoms with van der Waals surface area (Å²) in [6.45, 7) is 9.62. The zero-order chi connectivity index (χ0) is 21.9. The number of hydrogen-bond acceptors (Lipinski definition) is 7. The summed E-state index contributed by atoms with van der Waals surface area (Å²) in [5.74, 6) is 1.32. The molecule has 0 aliphatic heterocycles. The fraction of sp³-hybridized carbons (Fsp3) is 0.500. The maximum absolute atomic E-state index is 13.1. The van der Waals surface area contributed by atoms with Crippen molar-refractivity contribution in [2.75, 3.05) is 0 Å². The lowest BCUT2D eigenvalue weighted by Crippen LogP contribution is -2.36. The molecular weight excluding hydrogens is 425 g/mol. The second-order valence-corrected chi connectivity index (χ2v) is 10.5. The van der Waals surface area contributed by atoms with Crippen molar-refractivity contribution in [1.29, 1.82) is 0 Å². The van der Waals surface area contributed by atoms with Gasteiger partial charge in [0.15, 0.2) is 10.2 Å². The average Bonchev–Trinajstić information content (AvgIpc) is 3.18. The molecular formula is C20H26FN5O2S2. The highest BCUT2D eigenvalue weighted by Gasteiger charge is 2.26. The Hall–Kier alpha value is -2.20. The lowest BCUT2D eigenvalue weighted by atomic mass is 10.0. The predicted molar refractivity (Wildman–Crippen MR) is 116 cm³/mol. The van der Waals surface area contributed by atoms with Crippen molar-refractivity contribution in [2.24, 2.45) is 5.92 Å². The summed E-state index contributed by atoms with van der Waals surface area (Å²) in [7, 11) is 0. The van der Waals surface area contributed by atoms with Crippen LogP contribution < -0.4 is 5.32 Å². The first-order chi connectivity index (χ1) is 14.1. The van der Waals surface area contributed by atoms with Crippen LogP contribution in [-0.2, 0) is 10.5 Å². The van der Waals surface area contributed by atoms with Gasteiger partial charge in [-0.2, -0.15) is 4.52 Å². The van der Waals surface area contributed by atoms with Gasteiger partial charge in [-0.3, -0.25) is 0 Å². The van der Waals surface area contributed by atoms with E-state index in [9.17, 15) is 9.18 Å². The highest BCUT2D eigenvalue weighted by atomic mass is 32.2. The number of nitrogens with one attached hydrogen (secondary N) is 1. The van der Waals surface area contributed by atoms with Crippen LogP contribution in [0.25, 0.3) is 4.96 Å². The van der Waals surface area contributed by atoms with Crippen molar-refractivity contribution in [3.63, 3.8) is 0 Å². The first-order valence-corrected chi connectivity index (χ1v) is 11.5. The molecule has 162 valence electrons. The van der Waals surface area contributed by atoms with E-state index < -0.39 is 11.7 Å². The zero-order valence-corrected chi connectivity index (χ0v) is 19.3. The van der Waals surface area contributed by atoms with E-state index in [0.29, 0.717) is 28.9 Å². The maximum Gasteiger partial charge on any atom is 0.408 e. The number of nitrogens with zero attached hydrogens (tertiary/aromatic N) is 4. The highest BCUT2D eigenvalue weighted by Crippen LogP contribution is 2.29. The van der Waals surface area contributed by atoms with Crippen LogP contribution in [0, 0.1) is 11.7 Å². The molecule has 0 saturated heterocycles. The second-order valence-electron chi connectivity index (χ2n) is 8.36. The molecule has 7 nitrogen and oxygen atoms in total. The van der Waals surface area contributed by atoms with E-state index in [1.54, 1.807) is 28.4 Å². The Balaban J connectivity index is 1.76. The van der Waals surface area contributed by atoms with Gasteiger partial charge in [-0.15, -0.1) is 15.3 Å². The molecule has 0 fully saturated rings. The summed E-state index contributed by atoms with van der Waals surface area (Å²) in [5.41, 5.74) is 0.425. The molecule has 0 aliphatic rings. The lowest BCUT2D eigenvalue weighted by molar-refractivity contribution is 0.0494.